The average Bonchev–Trinajstić information content (AvgIpc) is 3.19. The Bertz CT molecular complexity index is 1020. The highest BCUT2D eigenvalue weighted by Gasteiger charge is 2.08. The van der Waals surface area contributed by atoms with Gasteiger partial charge in [-0.05, 0) is 47.9 Å². The van der Waals surface area contributed by atoms with Gasteiger partial charge in [-0.2, -0.15) is 0 Å². The molecule has 0 unspecified atom stereocenters. The molecule has 8 heteroatoms. The topological polar surface area (TPSA) is 73.3 Å². The van der Waals surface area contributed by atoms with E-state index in [1.807, 2.05) is 49.4 Å². The Morgan fingerprint density at radius 2 is 1.97 bits per heavy atom. The van der Waals surface area contributed by atoms with Gasteiger partial charge in [0.25, 0.3) is 0 Å². The van der Waals surface area contributed by atoms with Crippen LogP contribution in [-0.4, -0.2) is 29.8 Å². The Morgan fingerprint density at radius 1 is 1.17 bits per heavy atom. The molecule has 30 heavy (non-hydrogen) atoms. The number of methoxy groups -OCH3 is 1. The lowest BCUT2D eigenvalue weighted by molar-refractivity contribution is -0.111. The number of hydrogen-bond donors (Lipinski definition) is 1. The maximum Gasteiger partial charge on any atom is 0.250 e. The van der Waals surface area contributed by atoms with Crippen LogP contribution in [0.15, 0.2) is 48.5 Å². The first-order chi connectivity index (χ1) is 14.6. The average molecular weight is 444 g/mol. The molecule has 0 bridgehead atoms. The Kier molecular flexibility index (Phi) is 7.82. The van der Waals surface area contributed by atoms with E-state index in [1.165, 1.54) is 17.4 Å². The van der Waals surface area contributed by atoms with Gasteiger partial charge in [0.2, 0.25) is 11.0 Å². The first kappa shape index (κ1) is 21.8. The summed E-state index contributed by atoms with van der Waals surface area (Å²) in [5.74, 6) is 1.03. The first-order valence-corrected chi connectivity index (χ1v) is 10.6. The van der Waals surface area contributed by atoms with Crippen LogP contribution in [0.3, 0.4) is 0 Å². The van der Waals surface area contributed by atoms with Crippen molar-refractivity contribution in [2.24, 2.45) is 0 Å². The predicted octanol–water partition coefficient (Wildman–Crippen LogP) is 5.23. The molecule has 0 aliphatic heterocycles. The fourth-order valence-electron chi connectivity index (χ4n) is 2.59. The van der Waals surface area contributed by atoms with Crippen molar-refractivity contribution in [3.8, 4) is 11.5 Å². The van der Waals surface area contributed by atoms with E-state index in [1.54, 1.807) is 13.2 Å². The van der Waals surface area contributed by atoms with Crippen molar-refractivity contribution >= 4 is 40.1 Å². The zero-order valence-electron chi connectivity index (χ0n) is 16.7. The molecule has 1 N–H and O–H groups in total. The molecule has 3 rings (SSSR count). The maximum absolute atomic E-state index is 12.2. The monoisotopic (exact) mass is 443 g/mol. The summed E-state index contributed by atoms with van der Waals surface area (Å²) in [6.45, 7) is 2.66. The molecule has 0 spiro atoms. The smallest absolute Gasteiger partial charge is 0.250 e. The van der Waals surface area contributed by atoms with E-state index in [4.69, 9.17) is 21.1 Å². The van der Waals surface area contributed by atoms with E-state index in [9.17, 15) is 4.79 Å². The summed E-state index contributed by atoms with van der Waals surface area (Å²) in [6, 6.07) is 13.1. The minimum atomic E-state index is -0.283. The van der Waals surface area contributed by atoms with Crippen LogP contribution in [-0.2, 0) is 11.2 Å². The lowest BCUT2D eigenvalue weighted by Gasteiger charge is -2.10. The summed E-state index contributed by atoms with van der Waals surface area (Å²) in [7, 11) is 1.59. The third-order valence-corrected chi connectivity index (χ3v) is 5.13. The molecule has 0 atom stereocenters. The van der Waals surface area contributed by atoms with Gasteiger partial charge < -0.3 is 9.47 Å². The molecule has 3 aromatic rings. The highest BCUT2D eigenvalue weighted by Crippen LogP contribution is 2.28. The van der Waals surface area contributed by atoms with Crippen LogP contribution < -0.4 is 14.8 Å². The van der Waals surface area contributed by atoms with Crippen LogP contribution in [0.2, 0.25) is 5.02 Å². The fourth-order valence-corrected chi connectivity index (χ4v) is 3.49. The minimum absolute atomic E-state index is 0.283. The molecule has 0 aliphatic rings. The highest BCUT2D eigenvalue weighted by molar-refractivity contribution is 7.15. The normalized spacial score (nSPS) is 10.9. The van der Waals surface area contributed by atoms with Gasteiger partial charge in [-0.25, -0.2) is 0 Å². The summed E-state index contributed by atoms with van der Waals surface area (Å²) in [5.41, 5.74) is 1.90. The van der Waals surface area contributed by atoms with Crippen LogP contribution in [0.1, 0.15) is 29.5 Å². The van der Waals surface area contributed by atoms with E-state index in [0.29, 0.717) is 34.7 Å². The summed E-state index contributed by atoms with van der Waals surface area (Å²) in [4.78, 5) is 12.2. The zero-order valence-corrected chi connectivity index (χ0v) is 18.3. The van der Waals surface area contributed by atoms with Crippen LogP contribution in [0.25, 0.3) is 6.08 Å². The lowest BCUT2D eigenvalue weighted by atomic mass is 10.2. The minimum Gasteiger partial charge on any atom is -0.493 e. The molecule has 0 radical (unpaired) electrons. The van der Waals surface area contributed by atoms with Crippen LogP contribution in [0, 0.1) is 0 Å². The molecule has 0 fully saturated rings. The third-order valence-electron chi connectivity index (χ3n) is 4.04. The largest absolute Gasteiger partial charge is 0.493 e. The number of aromatic nitrogens is 2. The Balaban J connectivity index is 1.58. The van der Waals surface area contributed by atoms with Crippen molar-refractivity contribution in [2.75, 3.05) is 19.0 Å². The Morgan fingerprint density at radius 3 is 2.70 bits per heavy atom. The van der Waals surface area contributed by atoms with Gasteiger partial charge in [-0.3, -0.25) is 10.1 Å². The molecule has 0 saturated carbocycles. The SMILES string of the molecule is CCCOc1ccc(/C=C/C(=O)Nc2nnc(Cc3ccc(Cl)cc3)s2)cc1OC. The number of carbonyl (C=O) groups excluding carboxylic acids is 1. The summed E-state index contributed by atoms with van der Waals surface area (Å²) in [5, 5.41) is 12.9. The zero-order chi connectivity index (χ0) is 21.3. The van der Waals surface area contributed by atoms with Crippen molar-refractivity contribution in [3.63, 3.8) is 0 Å². The van der Waals surface area contributed by atoms with Gasteiger partial charge in [0.1, 0.15) is 5.01 Å². The van der Waals surface area contributed by atoms with Crippen LogP contribution >= 0.6 is 22.9 Å². The van der Waals surface area contributed by atoms with E-state index in [-0.39, 0.29) is 5.91 Å². The van der Waals surface area contributed by atoms with E-state index < -0.39 is 0 Å². The van der Waals surface area contributed by atoms with Gasteiger partial charge in [-0.1, -0.05) is 48.1 Å². The second-order valence-electron chi connectivity index (χ2n) is 6.39. The molecule has 0 aliphatic carbocycles. The number of anilines is 1. The summed E-state index contributed by atoms with van der Waals surface area (Å²) < 4.78 is 11.0. The number of benzene rings is 2. The molecule has 1 aromatic heterocycles. The second-order valence-corrected chi connectivity index (χ2v) is 7.88. The predicted molar refractivity (Wildman–Crippen MR) is 121 cm³/mol. The van der Waals surface area contributed by atoms with E-state index in [0.717, 1.165) is 22.6 Å². The van der Waals surface area contributed by atoms with Crippen molar-refractivity contribution in [2.45, 2.75) is 19.8 Å². The Labute approximate surface area is 184 Å². The standard InChI is InChI=1S/C22H22ClN3O3S/c1-3-12-29-18-10-6-15(13-19(18)28-2)7-11-20(27)24-22-26-25-21(30-22)14-16-4-8-17(23)9-5-16/h4-11,13H,3,12,14H2,1-2H3,(H,24,26,27)/b11-7+. The van der Waals surface area contributed by atoms with Gasteiger partial charge in [-0.15, -0.1) is 10.2 Å². The molecule has 0 saturated heterocycles. The first-order valence-electron chi connectivity index (χ1n) is 9.44. The number of nitrogens with zero attached hydrogens (tertiary/aromatic N) is 2. The number of rotatable bonds is 9. The summed E-state index contributed by atoms with van der Waals surface area (Å²) in [6.07, 6.45) is 4.70. The maximum atomic E-state index is 12.2. The third kappa shape index (κ3) is 6.30. The molecule has 156 valence electrons. The molecule has 2 aromatic carbocycles. The molecular weight excluding hydrogens is 422 g/mol. The van der Waals surface area contributed by atoms with Gasteiger partial charge in [0.05, 0.1) is 13.7 Å². The van der Waals surface area contributed by atoms with E-state index in [2.05, 4.69) is 15.5 Å². The number of hydrogen-bond acceptors (Lipinski definition) is 6. The number of halogens is 1. The van der Waals surface area contributed by atoms with Crippen LogP contribution in [0.4, 0.5) is 5.13 Å². The van der Waals surface area contributed by atoms with Crippen molar-refractivity contribution in [1.82, 2.24) is 10.2 Å². The quantitative estimate of drug-likeness (QED) is 0.458. The Hall–Kier alpha value is -2.90. The second kappa shape index (κ2) is 10.8. The fraction of sp³-hybridized carbons (Fsp3) is 0.227. The summed E-state index contributed by atoms with van der Waals surface area (Å²) >= 11 is 7.24. The van der Waals surface area contributed by atoms with Gasteiger partial charge >= 0.3 is 0 Å². The van der Waals surface area contributed by atoms with Crippen molar-refractivity contribution in [1.29, 1.82) is 0 Å². The van der Waals surface area contributed by atoms with Crippen molar-refractivity contribution < 1.29 is 14.3 Å². The molecule has 1 amide bonds. The van der Waals surface area contributed by atoms with Gasteiger partial charge in [0.15, 0.2) is 11.5 Å². The number of carbonyl (C=O) groups is 1. The lowest BCUT2D eigenvalue weighted by Crippen LogP contribution is -2.07. The number of nitrogens with one attached hydrogen (secondary N) is 1. The van der Waals surface area contributed by atoms with Crippen molar-refractivity contribution in [3.05, 3.63) is 69.7 Å². The molecular formula is C22H22ClN3O3S. The molecule has 6 nitrogen and oxygen atoms in total. The van der Waals surface area contributed by atoms with E-state index >= 15 is 0 Å². The highest BCUT2D eigenvalue weighted by atomic mass is 35.5. The van der Waals surface area contributed by atoms with Gasteiger partial charge in [0, 0.05) is 17.5 Å². The number of amides is 1. The van der Waals surface area contributed by atoms with Crippen LogP contribution in [0.5, 0.6) is 11.5 Å². The number of ether oxygens (including phenoxy) is 2. The molecule has 1 heterocycles.